The lowest BCUT2D eigenvalue weighted by Gasteiger charge is -2.08. The molecule has 0 fully saturated rings. The molecule has 0 saturated carbocycles. The quantitative estimate of drug-likeness (QED) is 0.587. The van der Waals surface area contributed by atoms with Crippen LogP contribution in [0.4, 0.5) is 10.1 Å². The van der Waals surface area contributed by atoms with Crippen LogP contribution in [0.15, 0.2) is 36.4 Å². The lowest BCUT2D eigenvalue weighted by Crippen LogP contribution is -2.14. The van der Waals surface area contributed by atoms with Crippen LogP contribution in [0.2, 0.25) is 0 Å². The topological polar surface area (TPSA) is 99.5 Å². The van der Waals surface area contributed by atoms with E-state index in [1.165, 1.54) is 30.3 Å². The molecule has 1 aromatic heterocycles. The third-order valence-electron chi connectivity index (χ3n) is 2.46. The zero-order valence-electron chi connectivity index (χ0n) is 10.0. The molecule has 2 rings (SSSR count). The van der Waals surface area contributed by atoms with Gasteiger partial charge in [-0.1, -0.05) is 12.1 Å². The van der Waals surface area contributed by atoms with E-state index in [-0.39, 0.29) is 16.9 Å². The molecule has 0 spiro atoms. The third kappa shape index (κ3) is 2.72. The molecule has 0 aliphatic carbocycles. The molecule has 3 N–H and O–H groups in total. The average molecular weight is 276 g/mol. The molecule has 2 aromatic rings. The molecule has 0 saturated heterocycles. The number of aromatic nitrogens is 1. The van der Waals surface area contributed by atoms with Crippen LogP contribution >= 0.6 is 0 Å². The number of hydrogen-bond acceptors (Lipinski definition) is 4. The van der Waals surface area contributed by atoms with Crippen molar-refractivity contribution in [2.45, 2.75) is 0 Å². The van der Waals surface area contributed by atoms with Gasteiger partial charge in [0.2, 0.25) is 5.95 Å². The zero-order valence-corrected chi connectivity index (χ0v) is 10.0. The van der Waals surface area contributed by atoms with Gasteiger partial charge < -0.3 is 15.5 Å². The maximum atomic E-state index is 12.9. The van der Waals surface area contributed by atoms with Crippen LogP contribution < -0.4 is 5.32 Å². The minimum atomic E-state index is -1.33. The van der Waals surface area contributed by atoms with E-state index >= 15 is 0 Å². The summed E-state index contributed by atoms with van der Waals surface area (Å²) in [7, 11) is 0. The van der Waals surface area contributed by atoms with Gasteiger partial charge in [-0.05, 0) is 24.3 Å². The summed E-state index contributed by atoms with van der Waals surface area (Å²) in [6.07, 6.45) is 0. The largest absolute Gasteiger partial charge is 0.505 e. The van der Waals surface area contributed by atoms with E-state index in [1.54, 1.807) is 0 Å². The van der Waals surface area contributed by atoms with Crippen molar-refractivity contribution in [3.05, 3.63) is 53.6 Å². The Bertz CT molecular complexity index is 688. The Balaban J connectivity index is 2.29. The molecule has 1 heterocycles. The van der Waals surface area contributed by atoms with Gasteiger partial charge in [0.15, 0.2) is 5.75 Å². The Kier molecular flexibility index (Phi) is 3.60. The Morgan fingerprint density at radius 2 is 1.85 bits per heavy atom. The number of halogens is 1. The fraction of sp³-hybridized carbons (Fsp3) is 0. The van der Waals surface area contributed by atoms with E-state index in [2.05, 4.69) is 10.3 Å². The van der Waals surface area contributed by atoms with Crippen LogP contribution in [0.3, 0.4) is 0 Å². The van der Waals surface area contributed by atoms with Crippen LogP contribution in [0.25, 0.3) is 0 Å². The number of carbonyl (C=O) groups is 2. The Hall–Kier alpha value is -2.96. The number of aromatic carboxylic acids is 1. The molecule has 0 aliphatic heterocycles. The maximum Gasteiger partial charge on any atom is 0.339 e. The lowest BCUT2D eigenvalue weighted by molar-refractivity contribution is 0.0693. The predicted molar refractivity (Wildman–Crippen MR) is 67.2 cm³/mol. The molecule has 102 valence electrons. The molecule has 1 amide bonds. The van der Waals surface area contributed by atoms with E-state index in [0.29, 0.717) is 0 Å². The summed E-state index contributed by atoms with van der Waals surface area (Å²) in [6.45, 7) is 0. The average Bonchev–Trinajstić information content (AvgIpc) is 2.40. The van der Waals surface area contributed by atoms with Gasteiger partial charge in [-0.25, -0.2) is 9.78 Å². The number of carboxylic acids is 1. The summed E-state index contributed by atoms with van der Waals surface area (Å²) in [5.74, 6) is -3.49. The van der Waals surface area contributed by atoms with Crippen LogP contribution in [0, 0.1) is 5.95 Å². The monoisotopic (exact) mass is 276 g/mol. The van der Waals surface area contributed by atoms with Crippen molar-refractivity contribution in [1.29, 1.82) is 0 Å². The van der Waals surface area contributed by atoms with Gasteiger partial charge in [-0.2, -0.15) is 4.39 Å². The van der Waals surface area contributed by atoms with E-state index in [4.69, 9.17) is 5.11 Å². The van der Waals surface area contributed by atoms with Gasteiger partial charge in [-0.3, -0.25) is 4.79 Å². The fourth-order valence-electron chi connectivity index (χ4n) is 1.54. The van der Waals surface area contributed by atoms with Crippen LogP contribution in [-0.4, -0.2) is 27.1 Å². The second kappa shape index (κ2) is 5.35. The molecule has 20 heavy (non-hydrogen) atoms. The number of anilines is 1. The van der Waals surface area contributed by atoms with Crippen LogP contribution in [0.5, 0.6) is 5.75 Å². The van der Waals surface area contributed by atoms with Gasteiger partial charge in [0.25, 0.3) is 5.91 Å². The van der Waals surface area contributed by atoms with Crippen molar-refractivity contribution >= 4 is 17.6 Å². The summed E-state index contributed by atoms with van der Waals surface area (Å²) in [5, 5.41) is 20.8. The summed E-state index contributed by atoms with van der Waals surface area (Å²) in [6, 6.07) is 7.55. The normalized spacial score (nSPS) is 10.1. The molecule has 7 heteroatoms. The van der Waals surface area contributed by atoms with E-state index in [1.807, 2.05) is 0 Å². The highest BCUT2D eigenvalue weighted by molar-refractivity contribution is 6.05. The van der Waals surface area contributed by atoms with Gasteiger partial charge in [0.05, 0.1) is 5.69 Å². The Labute approximate surface area is 112 Å². The highest BCUT2D eigenvalue weighted by atomic mass is 19.1. The minimum Gasteiger partial charge on any atom is -0.505 e. The van der Waals surface area contributed by atoms with Gasteiger partial charge in [-0.15, -0.1) is 0 Å². The number of carbonyl (C=O) groups excluding carboxylic acids is 1. The number of pyridine rings is 1. The van der Waals surface area contributed by atoms with Crippen molar-refractivity contribution in [1.82, 2.24) is 4.98 Å². The Morgan fingerprint density at radius 3 is 2.50 bits per heavy atom. The fourth-order valence-corrected chi connectivity index (χ4v) is 1.54. The highest BCUT2D eigenvalue weighted by Gasteiger charge is 2.16. The summed E-state index contributed by atoms with van der Waals surface area (Å²) in [5.41, 5.74) is -0.638. The maximum absolute atomic E-state index is 12.9. The molecule has 0 radical (unpaired) electrons. The van der Waals surface area contributed by atoms with Crippen LogP contribution in [0.1, 0.15) is 20.8 Å². The number of amides is 1. The smallest absolute Gasteiger partial charge is 0.339 e. The molecule has 1 aromatic carbocycles. The highest BCUT2D eigenvalue weighted by Crippen LogP contribution is 2.27. The third-order valence-corrected chi connectivity index (χ3v) is 2.46. The SMILES string of the molecule is O=C(Nc1cccc(C(=O)O)c1O)c1cccc(F)n1. The number of phenols is 1. The Morgan fingerprint density at radius 1 is 1.15 bits per heavy atom. The number of aromatic hydroxyl groups is 1. The summed E-state index contributed by atoms with van der Waals surface area (Å²) in [4.78, 5) is 26.0. The first-order valence-corrected chi connectivity index (χ1v) is 5.48. The number of rotatable bonds is 3. The number of carboxylic acid groups (broad SMARTS) is 1. The molecular weight excluding hydrogens is 267 g/mol. The number of nitrogens with zero attached hydrogens (tertiary/aromatic N) is 1. The van der Waals surface area contributed by atoms with Crippen molar-refractivity contribution < 1.29 is 24.2 Å². The lowest BCUT2D eigenvalue weighted by atomic mass is 10.1. The number of para-hydroxylation sites is 1. The number of benzene rings is 1. The molecule has 0 atom stereocenters. The predicted octanol–water partition coefficient (Wildman–Crippen LogP) is 1.88. The van der Waals surface area contributed by atoms with Crippen molar-refractivity contribution in [2.24, 2.45) is 0 Å². The zero-order chi connectivity index (χ0) is 14.7. The second-order valence-corrected chi connectivity index (χ2v) is 3.81. The first-order valence-electron chi connectivity index (χ1n) is 5.48. The van der Waals surface area contributed by atoms with Gasteiger partial charge in [0.1, 0.15) is 11.3 Å². The second-order valence-electron chi connectivity index (χ2n) is 3.81. The number of nitrogens with one attached hydrogen (secondary N) is 1. The number of hydrogen-bond donors (Lipinski definition) is 3. The minimum absolute atomic E-state index is 0.0963. The van der Waals surface area contributed by atoms with Crippen molar-refractivity contribution in [3.63, 3.8) is 0 Å². The molecule has 6 nitrogen and oxygen atoms in total. The van der Waals surface area contributed by atoms with Crippen LogP contribution in [-0.2, 0) is 0 Å². The first-order chi connectivity index (χ1) is 9.49. The summed E-state index contributed by atoms with van der Waals surface area (Å²) < 4.78 is 12.9. The molecule has 0 bridgehead atoms. The standard InChI is InChI=1S/C13H9FN2O4/c14-10-6-2-5-9(15-10)12(18)16-8-4-1-3-7(11(8)17)13(19)20/h1-6,17H,(H,16,18)(H,19,20). The molecular formula is C13H9FN2O4. The molecule has 0 aliphatic rings. The molecule has 0 unspecified atom stereocenters. The van der Waals surface area contributed by atoms with Gasteiger partial charge in [0, 0.05) is 0 Å². The summed E-state index contributed by atoms with van der Waals surface area (Å²) >= 11 is 0. The van der Waals surface area contributed by atoms with Crippen molar-refractivity contribution in [2.75, 3.05) is 5.32 Å². The van der Waals surface area contributed by atoms with E-state index in [0.717, 1.165) is 6.07 Å². The van der Waals surface area contributed by atoms with Crippen molar-refractivity contribution in [3.8, 4) is 5.75 Å². The van der Waals surface area contributed by atoms with E-state index in [9.17, 15) is 19.1 Å². The van der Waals surface area contributed by atoms with Gasteiger partial charge >= 0.3 is 5.97 Å². The first kappa shape index (κ1) is 13.5. The van der Waals surface area contributed by atoms with E-state index < -0.39 is 23.6 Å².